The molecule has 1 aromatic carbocycles. The molecule has 0 aliphatic heterocycles. The minimum absolute atomic E-state index is 0.145. The Kier molecular flexibility index (Phi) is 2.51. The Hall–Kier alpha value is -1.52. The number of hydrogen-bond acceptors (Lipinski definition) is 1. The van der Waals surface area contributed by atoms with Crippen molar-refractivity contribution in [1.29, 1.82) is 0 Å². The Balaban J connectivity index is 3.19. The fourth-order valence-electron chi connectivity index (χ4n) is 0.943. The van der Waals surface area contributed by atoms with E-state index in [1.54, 1.807) is 0 Å². The SMILES string of the molecule is C=C(c1cc(F)ccc1N)C(F)(F)F. The van der Waals surface area contributed by atoms with Crippen molar-refractivity contribution in [1.82, 2.24) is 0 Å². The van der Waals surface area contributed by atoms with Gasteiger partial charge in [-0.25, -0.2) is 4.39 Å². The van der Waals surface area contributed by atoms with Crippen LogP contribution in [0.15, 0.2) is 24.8 Å². The maximum atomic E-state index is 12.6. The highest BCUT2D eigenvalue weighted by Gasteiger charge is 2.33. The predicted molar refractivity (Wildman–Crippen MR) is 45.9 cm³/mol. The van der Waals surface area contributed by atoms with Crippen molar-refractivity contribution in [2.24, 2.45) is 0 Å². The van der Waals surface area contributed by atoms with Crippen LogP contribution in [0.5, 0.6) is 0 Å². The summed E-state index contributed by atoms with van der Waals surface area (Å²) >= 11 is 0. The minimum atomic E-state index is -4.60. The van der Waals surface area contributed by atoms with Gasteiger partial charge in [-0.05, 0) is 18.2 Å². The lowest BCUT2D eigenvalue weighted by Crippen LogP contribution is -2.11. The van der Waals surface area contributed by atoms with Crippen LogP contribution >= 0.6 is 0 Å². The number of rotatable bonds is 1. The standard InChI is InChI=1S/C9H7F4N/c1-5(9(11,12)13)7-4-6(10)2-3-8(7)14/h2-4H,1,14H2. The van der Waals surface area contributed by atoms with Crippen molar-refractivity contribution in [3.05, 3.63) is 36.2 Å². The second kappa shape index (κ2) is 3.32. The molecule has 2 N–H and O–H groups in total. The highest BCUT2D eigenvalue weighted by atomic mass is 19.4. The molecule has 1 rings (SSSR count). The van der Waals surface area contributed by atoms with E-state index in [0.717, 1.165) is 12.1 Å². The van der Waals surface area contributed by atoms with Gasteiger partial charge >= 0.3 is 6.18 Å². The largest absolute Gasteiger partial charge is 0.416 e. The summed E-state index contributed by atoms with van der Waals surface area (Å²) in [5.41, 5.74) is 3.55. The number of nitrogen functional groups attached to an aromatic ring is 1. The Labute approximate surface area is 77.8 Å². The zero-order valence-electron chi connectivity index (χ0n) is 7.03. The van der Waals surface area contributed by atoms with Gasteiger partial charge in [0.05, 0.1) is 5.57 Å². The zero-order chi connectivity index (χ0) is 10.9. The molecule has 0 amide bonds. The maximum absolute atomic E-state index is 12.6. The topological polar surface area (TPSA) is 26.0 Å². The van der Waals surface area contributed by atoms with Crippen LogP contribution in [0, 0.1) is 5.82 Å². The van der Waals surface area contributed by atoms with Crippen LogP contribution in [0.25, 0.3) is 5.57 Å². The van der Waals surface area contributed by atoms with Crippen molar-refractivity contribution < 1.29 is 17.6 Å². The Morgan fingerprint density at radius 1 is 1.29 bits per heavy atom. The van der Waals surface area contributed by atoms with Crippen molar-refractivity contribution in [3.63, 3.8) is 0 Å². The van der Waals surface area contributed by atoms with Gasteiger partial charge in [0.1, 0.15) is 5.82 Å². The van der Waals surface area contributed by atoms with Crippen LogP contribution in [-0.2, 0) is 0 Å². The molecule has 76 valence electrons. The van der Waals surface area contributed by atoms with Crippen molar-refractivity contribution in [2.45, 2.75) is 6.18 Å². The second-order valence-corrected chi connectivity index (χ2v) is 2.71. The summed E-state index contributed by atoms with van der Waals surface area (Å²) in [6, 6.07) is 2.77. The van der Waals surface area contributed by atoms with Gasteiger partial charge in [-0.3, -0.25) is 0 Å². The summed E-state index contributed by atoms with van der Waals surface area (Å²) < 4.78 is 49.1. The molecule has 14 heavy (non-hydrogen) atoms. The summed E-state index contributed by atoms with van der Waals surface area (Å²) in [6.07, 6.45) is -4.60. The molecule has 5 heteroatoms. The third kappa shape index (κ3) is 2.04. The summed E-state index contributed by atoms with van der Waals surface area (Å²) in [5, 5.41) is 0. The normalized spacial score (nSPS) is 11.4. The van der Waals surface area contributed by atoms with Crippen LogP contribution in [0.4, 0.5) is 23.2 Å². The predicted octanol–water partition coefficient (Wildman–Crippen LogP) is 2.98. The number of hydrogen-bond donors (Lipinski definition) is 1. The molecule has 0 aromatic heterocycles. The first kappa shape index (κ1) is 10.6. The van der Waals surface area contributed by atoms with E-state index in [1.807, 2.05) is 0 Å². The summed E-state index contributed by atoms with van der Waals surface area (Å²) in [4.78, 5) is 0. The number of allylic oxidation sites excluding steroid dienone is 1. The third-order valence-corrected chi connectivity index (χ3v) is 1.68. The van der Waals surface area contributed by atoms with Gasteiger partial charge in [0.2, 0.25) is 0 Å². The molecule has 0 unspecified atom stereocenters. The Bertz CT molecular complexity index is 368. The summed E-state index contributed by atoms with van der Waals surface area (Å²) in [6.45, 7) is 2.83. The first-order valence-electron chi connectivity index (χ1n) is 3.64. The van der Waals surface area contributed by atoms with E-state index in [0.29, 0.717) is 6.07 Å². The van der Waals surface area contributed by atoms with Gasteiger partial charge in [0.15, 0.2) is 0 Å². The molecule has 0 aliphatic carbocycles. The Morgan fingerprint density at radius 3 is 2.36 bits per heavy atom. The molecule has 0 spiro atoms. The van der Waals surface area contributed by atoms with E-state index in [-0.39, 0.29) is 5.69 Å². The van der Waals surface area contributed by atoms with Crippen molar-refractivity contribution >= 4 is 11.3 Å². The maximum Gasteiger partial charge on any atom is 0.416 e. The molecule has 0 aliphatic rings. The zero-order valence-corrected chi connectivity index (χ0v) is 7.03. The van der Waals surface area contributed by atoms with E-state index in [9.17, 15) is 17.6 Å². The van der Waals surface area contributed by atoms with E-state index in [4.69, 9.17) is 5.73 Å². The molecule has 0 fully saturated rings. The first-order chi connectivity index (χ1) is 6.32. The van der Waals surface area contributed by atoms with Crippen LogP contribution in [0.2, 0.25) is 0 Å². The van der Waals surface area contributed by atoms with Crippen molar-refractivity contribution in [2.75, 3.05) is 5.73 Å². The van der Waals surface area contributed by atoms with Crippen LogP contribution in [-0.4, -0.2) is 6.18 Å². The lowest BCUT2D eigenvalue weighted by Gasteiger charge is -2.12. The fourth-order valence-corrected chi connectivity index (χ4v) is 0.943. The number of nitrogens with two attached hydrogens (primary N) is 1. The molecular weight excluding hydrogens is 198 g/mol. The lowest BCUT2D eigenvalue weighted by molar-refractivity contribution is -0.0686. The second-order valence-electron chi connectivity index (χ2n) is 2.71. The average Bonchev–Trinajstić information content (AvgIpc) is 2.06. The minimum Gasteiger partial charge on any atom is -0.398 e. The number of alkyl halides is 3. The van der Waals surface area contributed by atoms with E-state index >= 15 is 0 Å². The molecule has 0 bridgehead atoms. The summed E-state index contributed by atoms with van der Waals surface area (Å²) in [5.74, 6) is -0.778. The fraction of sp³-hybridized carbons (Fsp3) is 0.111. The molecular formula is C9H7F4N. The molecule has 1 nitrogen and oxygen atoms in total. The quantitative estimate of drug-likeness (QED) is 0.553. The highest BCUT2D eigenvalue weighted by molar-refractivity contribution is 5.76. The smallest absolute Gasteiger partial charge is 0.398 e. The number of benzene rings is 1. The van der Waals surface area contributed by atoms with Gasteiger partial charge in [0.25, 0.3) is 0 Å². The Morgan fingerprint density at radius 2 is 1.86 bits per heavy atom. The summed E-state index contributed by atoms with van der Waals surface area (Å²) in [7, 11) is 0. The van der Waals surface area contributed by atoms with Gasteiger partial charge < -0.3 is 5.73 Å². The van der Waals surface area contributed by atoms with Gasteiger partial charge in [-0.2, -0.15) is 13.2 Å². The van der Waals surface area contributed by atoms with Crippen LogP contribution in [0.3, 0.4) is 0 Å². The molecule has 0 saturated carbocycles. The number of anilines is 1. The van der Waals surface area contributed by atoms with E-state index < -0.39 is 23.1 Å². The average molecular weight is 205 g/mol. The lowest BCUT2D eigenvalue weighted by atomic mass is 10.1. The van der Waals surface area contributed by atoms with Gasteiger partial charge in [-0.1, -0.05) is 6.58 Å². The monoisotopic (exact) mass is 205 g/mol. The molecule has 0 heterocycles. The number of halogens is 4. The van der Waals surface area contributed by atoms with E-state index in [1.165, 1.54) is 0 Å². The highest BCUT2D eigenvalue weighted by Crippen LogP contribution is 2.35. The molecule has 1 aromatic rings. The van der Waals surface area contributed by atoms with Crippen molar-refractivity contribution in [3.8, 4) is 0 Å². The molecule has 0 saturated heterocycles. The first-order valence-corrected chi connectivity index (χ1v) is 3.64. The van der Waals surface area contributed by atoms with Gasteiger partial charge in [-0.15, -0.1) is 0 Å². The molecule has 0 radical (unpaired) electrons. The van der Waals surface area contributed by atoms with Crippen LogP contribution in [0.1, 0.15) is 5.56 Å². The molecule has 0 atom stereocenters. The van der Waals surface area contributed by atoms with E-state index in [2.05, 4.69) is 6.58 Å². The third-order valence-electron chi connectivity index (χ3n) is 1.68. The van der Waals surface area contributed by atoms with Crippen LogP contribution < -0.4 is 5.73 Å². The van der Waals surface area contributed by atoms with Gasteiger partial charge in [0, 0.05) is 11.3 Å².